The second kappa shape index (κ2) is 7.24. The van der Waals surface area contributed by atoms with Crippen LogP contribution < -0.4 is 0 Å². The van der Waals surface area contributed by atoms with Crippen molar-refractivity contribution in [1.29, 1.82) is 0 Å². The zero-order valence-corrected chi connectivity index (χ0v) is 14.1. The number of amides is 1. The van der Waals surface area contributed by atoms with Crippen molar-refractivity contribution in [3.63, 3.8) is 0 Å². The van der Waals surface area contributed by atoms with Crippen LogP contribution in [0.25, 0.3) is 0 Å². The molecular formula is C16H24N2O3S. The molecule has 1 fully saturated rings. The van der Waals surface area contributed by atoms with E-state index >= 15 is 0 Å². The van der Waals surface area contributed by atoms with E-state index in [0.717, 1.165) is 5.56 Å². The predicted molar refractivity (Wildman–Crippen MR) is 87.3 cm³/mol. The Morgan fingerprint density at radius 2 is 1.68 bits per heavy atom. The van der Waals surface area contributed by atoms with Gasteiger partial charge in [-0.2, -0.15) is 0 Å². The van der Waals surface area contributed by atoms with Crippen molar-refractivity contribution in [3.05, 3.63) is 35.9 Å². The molecule has 1 unspecified atom stereocenters. The van der Waals surface area contributed by atoms with Gasteiger partial charge in [0.1, 0.15) is 6.04 Å². The molecule has 1 amide bonds. The van der Waals surface area contributed by atoms with Crippen LogP contribution in [0, 0.1) is 0 Å². The number of carbonyl (C=O) groups excluding carboxylic acids is 1. The average Bonchev–Trinajstić information content (AvgIpc) is 2.51. The monoisotopic (exact) mass is 324 g/mol. The van der Waals surface area contributed by atoms with E-state index in [1.54, 1.807) is 4.90 Å². The summed E-state index contributed by atoms with van der Waals surface area (Å²) in [5.41, 5.74) is 0.929. The minimum absolute atomic E-state index is 0.0514. The van der Waals surface area contributed by atoms with Crippen LogP contribution in [0.3, 0.4) is 0 Å². The molecule has 0 spiro atoms. The minimum atomic E-state index is -2.96. The molecule has 5 nitrogen and oxygen atoms in total. The number of rotatable bonds is 5. The number of hydrogen-bond donors (Lipinski definition) is 0. The van der Waals surface area contributed by atoms with Gasteiger partial charge in [0.2, 0.25) is 5.91 Å². The van der Waals surface area contributed by atoms with E-state index in [1.165, 1.54) is 0 Å². The van der Waals surface area contributed by atoms with Crippen molar-refractivity contribution in [3.8, 4) is 0 Å². The summed E-state index contributed by atoms with van der Waals surface area (Å²) >= 11 is 0. The molecule has 122 valence electrons. The predicted octanol–water partition coefficient (Wildman–Crippen LogP) is 1.33. The van der Waals surface area contributed by atoms with Gasteiger partial charge in [-0.1, -0.05) is 30.3 Å². The highest BCUT2D eigenvalue weighted by atomic mass is 32.2. The van der Waals surface area contributed by atoms with E-state index in [-0.39, 0.29) is 17.4 Å². The fourth-order valence-electron chi connectivity index (χ4n) is 2.84. The minimum Gasteiger partial charge on any atom is -0.342 e. The first kappa shape index (κ1) is 17.0. The third kappa shape index (κ3) is 3.87. The lowest BCUT2D eigenvalue weighted by Crippen LogP contribution is -2.48. The maximum absolute atomic E-state index is 12.9. The van der Waals surface area contributed by atoms with E-state index in [2.05, 4.69) is 0 Å². The van der Waals surface area contributed by atoms with E-state index in [4.69, 9.17) is 0 Å². The van der Waals surface area contributed by atoms with Crippen LogP contribution >= 0.6 is 0 Å². The Hall–Kier alpha value is -1.40. The van der Waals surface area contributed by atoms with Crippen LogP contribution in [0.4, 0.5) is 0 Å². The number of hydrogen-bond acceptors (Lipinski definition) is 4. The molecule has 2 rings (SSSR count). The van der Waals surface area contributed by atoms with Crippen LogP contribution in [0.15, 0.2) is 30.3 Å². The zero-order chi connectivity index (χ0) is 16.2. The Bertz CT molecular complexity index is 583. The van der Waals surface area contributed by atoms with Gasteiger partial charge < -0.3 is 4.90 Å². The van der Waals surface area contributed by atoms with E-state index in [0.29, 0.717) is 26.2 Å². The molecule has 0 N–H and O–H groups in total. The molecule has 22 heavy (non-hydrogen) atoms. The van der Waals surface area contributed by atoms with Crippen molar-refractivity contribution in [2.45, 2.75) is 19.9 Å². The van der Waals surface area contributed by atoms with Crippen LogP contribution in [0.5, 0.6) is 0 Å². The van der Waals surface area contributed by atoms with Crippen LogP contribution in [-0.2, 0) is 14.6 Å². The average molecular weight is 324 g/mol. The molecule has 0 bridgehead atoms. The molecule has 1 heterocycles. The number of benzene rings is 1. The second-order valence-corrected chi connectivity index (χ2v) is 7.82. The van der Waals surface area contributed by atoms with E-state index in [9.17, 15) is 13.2 Å². The lowest BCUT2D eigenvalue weighted by Gasteiger charge is -2.36. The fraction of sp³-hybridized carbons (Fsp3) is 0.562. The molecule has 6 heteroatoms. The van der Waals surface area contributed by atoms with Crippen molar-refractivity contribution < 1.29 is 13.2 Å². The van der Waals surface area contributed by atoms with Crippen molar-refractivity contribution in [2.24, 2.45) is 0 Å². The number of sulfone groups is 1. The second-order valence-electron chi connectivity index (χ2n) is 5.51. The van der Waals surface area contributed by atoms with Crippen molar-refractivity contribution >= 4 is 15.7 Å². The van der Waals surface area contributed by atoms with Gasteiger partial charge >= 0.3 is 0 Å². The first-order valence-electron chi connectivity index (χ1n) is 7.76. The lowest BCUT2D eigenvalue weighted by atomic mass is 10.0. The highest BCUT2D eigenvalue weighted by Crippen LogP contribution is 2.25. The van der Waals surface area contributed by atoms with Gasteiger partial charge in [0.25, 0.3) is 0 Å². The molecule has 0 saturated carbocycles. The van der Waals surface area contributed by atoms with Gasteiger partial charge in [-0.15, -0.1) is 0 Å². The van der Waals surface area contributed by atoms with Gasteiger partial charge in [-0.25, -0.2) is 8.42 Å². The van der Waals surface area contributed by atoms with E-state index in [1.807, 2.05) is 49.1 Å². The van der Waals surface area contributed by atoms with Crippen LogP contribution in [0.1, 0.15) is 25.5 Å². The van der Waals surface area contributed by atoms with Crippen molar-refractivity contribution in [2.75, 3.05) is 37.7 Å². The summed E-state index contributed by atoms with van der Waals surface area (Å²) in [6.07, 6.45) is 0. The van der Waals surface area contributed by atoms with Crippen LogP contribution in [0.2, 0.25) is 0 Å². The highest BCUT2D eigenvalue weighted by molar-refractivity contribution is 7.91. The molecule has 0 aliphatic carbocycles. The maximum atomic E-state index is 12.9. The van der Waals surface area contributed by atoms with Crippen LogP contribution in [-0.4, -0.2) is 61.8 Å². The summed E-state index contributed by atoms with van der Waals surface area (Å²) in [5, 5.41) is 0. The number of nitrogens with zero attached hydrogens (tertiary/aromatic N) is 2. The maximum Gasteiger partial charge on any atom is 0.244 e. The third-order valence-corrected chi connectivity index (χ3v) is 5.78. The molecule has 1 aromatic rings. The lowest BCUT2D eigenvalue weighted by molar-refractivity contribution is -0.136. The van der Waals surface area contributed by atoms with Gasteiger partial charge in [-0.05, 0) is 19.4 Å². The molecular weight excluding hydrogens is 300 g/mol. The molecule has 1 aliphatic rings. The summed E-state index contributed by atoms with van der Waals surface area (Å²) in [5.74, 6) is 0.305. The van der Waals surface area contributed by atoms with Gasteiger partial charge in [-0.3, -0.25) is 9.69 Å². The first-order chi connectivity index (χ1) is 10.5. The SMILES string of the molecule is CCN(CC)C(=O)C(c1ccccc1)N1CCS(=O)(=O)CC1. The van der Waals surface area contributed by atoms with Gasteiger partial charge in [0, 0.05) is 26.2 Å². The smallest absolute Gasteiger partial charge is 0.244 e. The zero-order valence-electron chi connectivity index (χ0n) is 13.2. The van der Waals surface area contributed by atoms with Gasteiger partial charge in [0.15, 0.2) is 9.84 Å². The highest BCUT2D eigenvalue weighted by Gasteiger charge is 2.34. The topological polar surface area (TPSA) is 57.7 Å². The Kier molecular flexibility index (Phi) is 5.58. The summed E-state index contributed by atoms with van der Waals surface area (Å²) in [6, 6.07) is 9.24. The fourth-order valence-corrected chi connectivity index (χ4v) is 4.07. The summed E-state index contributed by atoms with van der Waals surface area (Å²) in [7, 11) is -2.96. The Balaban J connectivity index is 2.28. The molecule has 1 saturated heterocycles. The normalized spacial score (nSPS) is 19.5. The summed E-state index contributed by atoms with van der Waals surface area (Å²) < 4.78 is 23.3. The third-order valence-electron chi connectivity index (χ3n) is 4.17. The van der Waals surface area contributed by atoms with Gasteiger partial charge in [0.05, 0.1) is 11.5 Å². The Morgan fingerprint density at radius 1 is 1.14 bits per heavy atom. The van der Waals surface area contributed by atoms with E-state index < -0.39 is 15.9 Å². The number of carbonyl (C=O) groups is 1. The molecule has 0 radical (unpaired) electrons. The largest absolute Gasteiger partial charge is 0.342 e. The van der Waals surface area contributed by atoms with Crippen molar-refractivity contribution in [1.82, 2.24) is 9.80 Å². The quantitative estimate of drug-likeness (QED) is 0.820. The summed E-state index contributed by atoms with van der Waals surface area (Å²) in [6.45, 7) is 6.06. The molecule has 0 aromatic heterocycles. The first-order valence-corrected chi connectivity index (χ1v) is 9.59. The molecule has 1 atom stereocenters. The Morgan fingerprint density at radius 3 is 2.18 bits per heavy atom. The molecule has 1 aliphatic heterocycles. The Labute approximate surface area is 132 Å². The molecule has 1 aromatic carbocycles. The standard InChI is InChI=1S/C16H24N2O3S/c1-3-17(4-2)16(19)15(14-8-6-5-7-9-14)18-10-12-22(20,21)13-11-18/h5-9,15H,3-4,10-13H2,1-2H3. The summed E-state index contributed by atoms with van der Waals surface area (Å²) in [4.78, 5) is 16.7. The number of likely N-dealkylation sites (N-methyl/N-ethyl adjacent to an activating group) is 1.